The van der Waals surface area contributed by atoms with Gasteiger partial charge in [0.2, 0.25) is 24.2 Å². The number of thioether (sulfide) groups is 1. The van der Waals surface area contributed by atoms with Crippen LogP contribution in [0.15, 0.2) is 12.3 Å². The molecule has 1 atom stereocenters. The molecule has 3 heterocycles. The molecule has 24 heavy (non-hydrogen) atoms. The number of ether oxygens (including phenoxy) is 4. The molecule has 2 aromatic rings. The third-order valence-electron chi connectivity index (χ3n) is 3.89. The molecule has 0 fully saturated rings. The first-order valence-electron chi connectivity index (χ1n) is 7.22. The van der Waals surface area contributed by atoms with Crippen molar-refractivity contribution < 1.29 is 23.7 Å². The second-order valence-corrected chi connectivity index (χ2v) is 6.30. The van der Waals surface area contributed by atoms with E-state index in [2.05, 4.69) is 15.5 Å². The van der Waals surface area contributed by atoms with Gasteiger partial charge in [-0.2, -0.15) is 5.10 Å². The van der Waals surface area contributed by atoms with Crippen LogP contribution in [-0.4, -0.2) is 42.9 Å². The highest BCUT2D eigenvalue weighted by Crippen LogP contribution is 2.54. The second-order valence-electron chi connectivity index (χ2n) is 5.21. The van der Waals surface area contributed by atoms with Crippen LogP contribution in [0.25, 0.3) is 0 Å². The molecule has 1 amide bonds. The summed E-state index contributed by atoms with van der Waals surface area (Å²) in [5.74, 6) is 3.00. The predicted molar refractivity (Wildman–Crippen MR) is 87.2 cm³/mol. The van der Waals surface area contributed by atoms with Crippen molar-refractivity contribution >= 4 is 23.5 Å². The Balaban J connectivity index is 1.89. The smallest absolute Gasteiger partial charge is 0.235 e. The number of amides is 1. The van der Waals surface area contributed by atoms with Crippen LogP contribution in [-0.2, 0) is 4.79 Å². The number of aromatic nitrogens is 2. The maximum atomic E-state index is 11.9. The van der Waals surface area contributed by atoms with Crippen molar-refractivity contribution in [1.82, 2.24) is 10.2 Å². The number of carbonyl (C=O) groups is 1. The van der Waals surface area contributed by atoms with Gasteiger partial charge in [-0.1, -0.05) is 0 Å². The van der Waals surface area contributed by atoms with Crippen molar-refractivity contribution in [3.8, 4) is 23.0 Å². The van der Waals surface area contributed by atoms with Gasteiger partial charge in [-0.15, -0.1) is 11.8 Å². The van der Waals surface area contributed by atoms with Crippen LogP contribution in [0.4, 0.5) is 5.82 Å². The van der Waals surface area contributed by atoms with Gasteiger partial charge in [0.05, 0.1) is 31.4 Å². The van der Waals surface area contributed by atoms with Crippen molar-refractivity contribution in [3.05, 3.63) is 23.4 Å². The van der Waals surface area contributed by atoms with E-state index < -0.39 is 0 Å². The topological polar surface area (TPSA) is 94.7 Å². The van der Waals surface area contributed by atoms with Gasteiger partial charge in [-0.05, 0) is 6.07 Å². The summed E-state index contributed by atoms with van der Waals surface area (Å²) in [4.78, 5) is 11.9. The van der Waals surface area contributed by atoms with Gasteiger partial charge in [0.25, 0.3) is 0 Å². The summed E-state index contributed by atoms with van der Waals surface area (Å²) < 4.78 is 22.1. The molecule has 2 N–H and O–H groups in total. The molecule has 2 aliphatic heterocycles. The highest BCUT2D eigenvalue weighted by Gasteiger charge is 2.34. The van der Waals surface area contributed by atoms with Crippen molar-refractivity contribution in [2.24, 2.45) is 0 Å². The van der Waals surface area contributed by atoms with Crippen LogP contribution < -0.4 is 24.3 Å². The lowest BCUT2D eigenvalue weighted by atomic mass is 10.0. The largest absolute Gasteiger partial charge is 0.493 e. The molecule has 9 heteroatoms. The molecule has 4 rings (SSSR count). The zero-order chi connectivity index (χ0) is 16.7. The average molecular weight is 349 g/mol. The van der Waals surface area contributed by atoms with E-state index in [-0.39, 0.29) is 18.0 Å². The Bertz CT molecular complexity index is 807. The minimum Gasteiger partial charge on any atom is -0.493 e. The molecule has 8 nitrogen and oxygen atoms in total. The Kier molecular flexibility index (Phi) is 3.64. The van der Waals surface area contributed by atoms with Crippen LogP contribution in [0.2, 0.25) is 0 Å². The predicted octanol–water partition coefficient (Wildman–Crippen LogP) is 1.93. The van der Waals surface area contributed by atoms with E-state index in [1.165, 1.54) is 11.8 Å². The summed E-state index contributed by atoms with van der Waals surface area (Å²) in [6.45, 7) is 0.111. The normalized spacial score (nSPS) is 18.6. The number of hydrogen-bond acceptors (Lipinski definition) is 7. The van der Waals surface area contributed by atoms with Crippen LogP contribution in [0.1, 0.15) is 16.4 Å². The number of carbonyl (C=O) groups excluding carboxylic acids is 1. The van der Waals surface area contributed by atoms with Crippen molar-refractivity contribution in [2.45, 2.75) is 5.25 Å². The minimum atomic E-state index is -0.170. The van der Waals surface area contributed by atoms with Crippen molar-refractivity contribution in [2.75, 3.05) is 32.1 Å². The first-order chi connectivity index (χ1) is 11.7. The Morgan fingerprint density at radius 3 is 2.88 bits per heavy atom. The van der Waals surface area contributed by atoms with E-state index in [9.17, 15) is 4.79 Å². The molecule has 1 aromatic carbocycles. The van der Waals surface area contributed by atoms with Crippen LogP contribution in [0, 0.1) is 0 Å². The number of anilines is 1. The second kappa shape index (κ2) is 5.82. The summed E-state index contributed by atoms with van der Waals surface area (Å²) in [6, 6.07) is 1.86. The standard InChI is InChI=1S/C15H15N3O5S/c1-20-9-3-7(11(21-2)13-12(9)22-6-23-13)14-8-4-16-18-15(8)17-10(19)5-24-14/h3-4,14H,5-6H2,1-2H3,(H2,16,17,18,19)/t14-/m1/s1. The number of benzene rings is 1. The first-order valence-corrected chi connectivity index (χ1v) is 8.27. The zero-order valence-corrected chi connectivity index (χ0v) is 13.9. The van der Waals surface area contributed by atoms with Crippen molar-refractivity contribution in [3.63, 3.8) is 0 Å². The van der Waals surface area contributed by atoms with Crippen molar-refractivity contribution in [1.29, 1.82) is 0 Å². The Hall–Kier alpha value is -2.55. The monoisotopic (exact) mass is 349 g/mol. The third kappa shape index (κ3) is 2.23. The van der Waals surface area contributed by atoms with E-state index >= 15 is 0 Å². The van der Waals surface area contributed by atoms with Gasteiger partial charge in [-0.3, -0.25) is 9.89 Å². The number of nitrogens with one attached hydrogen (secondary N) is 2. The fourth-order valence-corrected chi connectivity index (χ4v) is 3.97. The summed E-state index contributed by atoms with van der Waals surface area (Å²) in [5.41, 5.74) is 1.70. The van der Waals surface area contributed by atoms with Gasteiger partial charge < -0.3 is 24.3 Å². The molecular formula is C15H15N3O5S. The van der Waals surface area contributed by atoms with Gasteiger partial charge in [0, 0.05) is 11.1 Å². The molecular weight excluding hydrogens is 334 g/mol. The number of methoxy groups -OCH3 is 2. The highest BCUT2D eigenvalue weighted by molar-refractivity contribution is 8.00. The van der Waals surface area contributed by atoms with Gasteiger partial charge >= 0.3 is 0 Å². The number of fused-ring (bicyclic) bond motifs is 2. The van der Waals surface area contributed by atoms with E-state index in [0.29, 0.717) is 34.6 Å². The molecule has 0 spiro atoms. The molecule has 1 aromatic heterocycles. The van der Waals surface area contributed by atoms with Crippen LogP contribution >= 0.6 is 11.8 Å². The van der Waals surface area contributed by atoms with E-state index in [0.717, 1.165) is 11.1 Å². The Morgan fingerprint density at radius 1 is 1.25 bits per heavy atom. The van der Waals surface area contributed by atoms with E-state index in [4.69, 9.17) is 18.9 Å². The van der Waals surface area contributed by atoms with Gasteiger partial charge in [0.1, 0.15) is 5.82 Å². The lowest BCUT2D eigenvalue weighted by Gasteiger charge is -2.19. The number of nitrogens with zero attached hydrogens (tertiary/aromatic N) is 1. The van der Waals surface area contributed by atoms with Gasteiger partial charge in [-0.25, -0.2) is 0 Å². The molecule has 126 valence electrons. The maximum absolute atomic E-state index is 11.9. The summed E-state index contributed by atoms with van der Waals surface area (Å²) in [5, 5.41) is 9.51. The molecule has 0 saturated heterocycles. The van der Waals surface area contributed by atoms with Crippen LogP contribution in [0.5, 0.6) is 23.0 Å². The highest BCUT2D eigenvalue weighted by atomic mass is 32.2. The SMILES string of the molecule is COc1cc([C@H]2SCC(=O)Nc3[nH]ncc32)c(OC)c2c1OCO2. The number of hydrogen-bond donors (Lipinski definition) is 2. The quantitative estimate of drug-likeness (QED) is 0.874. The number of H-pyrrole nitrogens is 1. The number of rotatable bonds is 3. The van der Waals surface area contributed by atoms with Gasteiger partial charge in [0.15, 0.2) is 11.5 Å². The maximum Gasteiger partial charge on any atom is 0.235 e. The summed E-state index contributed by atoms with van der Waals surface area (Å²) in [7, 11) is 3.15. The molecule has 0 aliphatic carbocycles. The fourth-order valence-electron chi connectivity index (χ4n) is 2.87. The first kappa shape index (κ1) is 15.0. The fraction of sp³-hybridized carbons (Fsp3) is 0.333. The Morgan fingerprint density at radius 2 is 2.08 bits per heavy atom. The lowest BCUT2D eigenvalue weighted by molar-refractivity contribution is -0.113. The van der Waals surface area contributed by atoms with E-state index in [1.54, 1.807) is 20.4 Å². The van der Waals surface area contributed by atoms with Crippen LogP contribution in [0.3, 0.4) is 0 Å². The Labute approximate surface area is 141 Å². The molecule has 0 bridgehead atoms. The van der Waals surface area contributed by atoms with E-state index in [1.807, 2.05) is 6.07 Å². The summed E-state index contributed by atoms with van der Waals surface area (Å²) in [6.07, 6.45) is 1.70. The number of aromatic amines is 1. The molecule has 0 saturated carbocycles. The molecule has 0 unspecified atom stereocenters. The third-order valence-corrected chi connectivity index (χ3v) is 5.16. The minimum absolute atomic E-state index is 0.0836. The zero-order valence-electron chi connectivity index (χ0n) is 13.0. The summed E-state index contributed by atoms with van der Waals surface area (Å²) >= 11 is 1.48. The molecule has 0 radical (unpaired) electrons. The molecule has 2 aliphatic rings. The lowest BCUT2D eigenvalue weighted by Crippen LogP contribution is -2.12. The average Bonchev–Trinajstić information content (AvgIpc) is 3.21.